The number of ketones is 1. The van der Waals surface area contributed by atoms with E-state index in [1.807, 2.05) is 12.1 Å². The number of sulfone groups is 1. The number of hydrogen-bond acceptors (Lipinski definition) is 7. The largest absolute Gasteiger partial charge is 0.384 e. The second-order valence-corrected chi connectivity index (χ2v) is 13.5. The van der Waals surface area contributed by atoms with Crippen molar-refractivity contribution in [3.8, 4) is 5.69 Å². The number of fused-ring (bicyclic) bond motifs is 1. The third kappa shape index (κ3) is 6.41. The van der Waals surface area contributed by atoms with E-state index in [0.29, 0.717) is 15.3 Å². The van der Waals surface area contributed by atoms with E-state index >= 15 is 4.39 Å². The molecule has 4 aromatic rings. The molecule has 0 atom stereocenters. The molecule has 0 bridgehead atoms. The van der Waals surface area contributed by atoms with Gasteiger partial charge in [0.25, 0.3) is 5.56 Å². The van der Waals surface area contributed by atoms with Crippen LogP contribution in [0.15, 0.2) is 69.8 Å². The first-order valence-corrected chi connectivity index (χ1v) is 15.4. The van der Waals surface area contributed by atoms with Gasteiger partial charge < -0.3 is 10.2 Å². The van der Waals surface area contributed by atoms with Crippen LogP contribution in [0.2, 0.25) is 4.34 Å². The summed E-state index contributed by atoms with van der Waals surface area (Å²) < 4.78 is 41.5. The Kier molecular flexibility index (Phi) is 8.18. The molecule has 7 nitrogen and oxygen atoms in total. The van der Waals surface area contributed by atoms with Gasteiger partial charge in [-0.05, 0) is 85.4 Å². The van der Waals surface area contributed by atoms with Crippen molar-refractivity contribution >= 4 is 55.0 Å². The van der Waals surface area contributed by atoms with Gasteiger partial charge in [-0.2, -0.15) is 0 Å². The molecule has 11 heteroatoms. The zero-order chi connectivity index (χ0) is 27.6. The number of anilines is 1. The molecular formula is C28H27ClFN3O4S2. The van der Waals surface area contributed by atoms with Crippen molar-refractivity contribution in [1.29, 1.82) is 0 Å². The molecular weight excluding hydrogens is 561 g/mol. The van der Waals surface area contributed by atoms with Crippen LogP contribution in [0, 0.1) is 5.82 Å². The molecule has 0 aliphatic carbocycles. The van der Waals surface area contributed by atoms with Crippen LogP contribution in [0.5, 0.6) is 0 Å². The second kappa shape index (κ2) is 11.6. The van der Waals surface area contributed by atoms with Gasteiger partial charge in [0.15, 0.2) is 15.6 Å². The normalized spacial score (nSPS) is 14.2. The third-order valence-corrected chi connectivity index (χ3v) is 10.2. The predicted molar refractivity (Wildman–Crippen MR) is 154 cm³/mol. The van der Waals surface area contributed by atoms with Crippen LogP contribution >= 0.6 is 22.9 Å². The molecule has 204 valence electrons. The van der Waals surface area contributed by atoms with Crippen LogP contribution < -0.4 is 10.9 Å². The summed E-state index contributed by atoms with van der Waals surface area (Å²) in [5, 5.41) is 4.61. The van der Waals surface area contributed by atoms with Crippen molar-refractivity contribution in [2.75, 3.05) is 37.2 Å². The molecule has 2 aromatic heterocycles. The summed E-state index contributed by atoms with van der Waals surface area (Å²) in [5.74, 6) is -1.96. The number of rotatable bonds is 10. The molecule has 39 heavy (non-hydrogen) atoms. The van der Waals surface area contributed by atoms with Crippen LogP contribution in [0.3, 0.4) is 0 Å². The average molecular weight is 588 g/mol. The highest BCUT2D eigenvalue weighted by atomic mass is 35.5. The number of hydrogen-bond donors (Lipinski definition) is 1. The molecule has 1 aliphatic rings. The Balaban J connectivity index is 1.28. The number of nitrogens with one attached hydrogen (secondary N) is 1. The van der Waals surface area contributed by atoms with Crippen molar-refractivity contribution in [3.05, 3.63) is 86.9 Å². The van der Waals surface area contributed by atoms with E-state index in [2.05, 4.69) is 10.2 Å². The van der Waals surface area contributed by atoms with Gasteiger partial charge in [0.2, 0.25) is 0 Å². The summed E-state index contributed by atoms with van der Waals surface area (Å²) in [4.78, 5) is 28.0. The third-order valence-electron chi connectivity index (χ3n) is 6.74. The molecule has 0 amide bonds. The molecule has 0 saturated carbocycles. The van der Waals surface area contributed by atoms with Gasteiger partial charge in [-0.3, -0.25) is 14.2 Å². The molecule has 3 heterocycles. The van der Waals surface area contributed by atoms with E-state index in [0.717, 1.165) is 54.7 Å². The number of carbonyl (C=O) groups is 1. The Labute approximate surface area is 234 Å². The molecule has 0 spiro atoms. The van der Waals surface area contributed by atoms with Crippen molar-refractivity contribution in [1.82, 2.24) is 9.47 Å². The molecule has 0 radical (unpaired) electrons. The van der Waals surface area contributed by atoms with Gasteiger partial charge in [0.1, 0.15) is 15.8 Å². The summed E-state index contributed by atoms with van der Waals surface area (Å²) in [6.07, 6.45) is 3.77. The zero-order valence-corrected chi connectivity index (χ0v) is 23.4. The first-order valence-electron chi connectivity index (χ1n) is 12.6. The maximum atomic E-state index is 15.1. The van der Waals surface area contributed by atoms with Crippen LogP contribution in [0.4, 0.5) is 10.1 Å². The monoisotopic (exact) mass is 587 g/mol. The van der Waals surface area contributed by atoms with Gasteiger partial charge in [-0.15, -0.1) is 11.3 Å². The van der Waals surface area contributed by atoms with Gasteiger partial charge in [0.05, 0.1) is 10.0 Å². The number of halogens is 2. The first kappa shape index (κ1) is 27.5. The Hall–Kier alpha value is -3.05. The predicted octanol–water partition coefficient (Wildman–Crippen LogP) is 4.94. The minimum Gasteiger partial charge on any atom is -0.384 e. The summed E-state index contributed by atoms with van der Waals surface area (Å²) in [7, 11) is -3.82. The number of Topliss-reactive ketones (excluding diaryl/α,β-unsaturated/α-hetero) is 1. The minimum absolute atomic E-state index is 0.0167. The fourth-order valence-corrected chi connectivity index (χ4v) is 7.61. The van der Waals surface area contributed by atoms with Crippen LogP contribution in [-0.4, -0.2) is 55.6 Å². The second-order valence-electron chi connectivity index (χ2n) is 9.59. The molecule has 1 N–H and O–H groups in total. The summed E-state index contributed by atoms with van der Waals surface area (Å²) in [6.45, 7) is 4.07. The first-order chi connectivity index (χ1) is 18.7. The Morgan fingerprint density at radius 3 is 2.56 bits per heavy atom. The van der Waals surface area contributed by atoms with E-state index in [1.165, 1.54) is 47.9 Å². The Morgan fingerprint density at radius 2 is 1.85 bits per heavy atom. The number of benzene rings is 2. The molecule has 1 saturated heterocycles. The number of carbonyl (C=O) groups excluding carboxylic acids is 1. The van der Waals surface area contributed by atoms with E-state index in [4.69, 9.17) is 11.6 Å². The van der Waals surface area contributed by atoms with E-state index in [1.54, 1.807) is 12.1 Å². The fraction of sp³-hybridized carbons (Fsp3) is 0.286. The maximum absolute atomic E-state index is 15.1. The maximum Gasteiger partial charge on any atom is 0.263 e. The number of nitrogens with zero attached hydrogens (tertiary/aromatic N) is 2. The van der Waals surface area contributed by atoms with Crippen LogP contribution in [0.25, 0.3) is 16.5 Å². The number of likely N-dealkylation sites (tertiary alicyclic amines) is 1. The smallest absolute Gasteiger partial charge is 0.263 e. The van der Waals surface area contributed by atoms with Gasteiger partial charge in [-0.25, -0.2) is 12.8 Å². The van der Waals surface area contributed by atoms with E-state index in [9.17, 15) is 18.0 Å². The summed E-state index contributed by atoms with van der Waals surface area (Å²) in [6, 6.07) is 14.2. The zero-order valence-electron chi connectivity index (χ0n) is 21.0. The van der Waals surface area contributed by atoms with Crippen LogP contribution in [-0.2, 0) is 21.1 Å². The van der Waals surface area contributed by atoms with Crippen molar-refractivity contribution < 1.29 is 17.6 Å². The summed E-state index contributed by atoms with van der Waals surface area (Å²) in [5.41, 5.74) is 0.925. The van der Waals surface area contributed by atoms with Gasteiger partial charge in [-0.1, -0.05) is 17.7 Å². The fourth-order valence-electron chi connectivity index (χ4n) is 4.79. The SMILES string of the molecule is O=C(Cc1ccc(-n2ccc3cc(NCCN4CCCC4)ccc3c2=O)c(F)c1)CS(=O)(=O)c1ccc(Cl)s1. The van der Waals surface area contributed by atoms with Gasteiger partial charge in [0, 0.05) is 36.8 Å². The molecule has 1 aliphatic heterocycles. The topological polar surface area (TPSA) is 88.5 Å². The lowest BCUT2D eigenvalue weighted by Gasteiger charge is -2.15. The van der Waals surface area contributed by atoms with Gasteiger partial charge >= 0.3 is 0 Å². The molecule has 1 fully saturated rings. The quantitative estimate of drug-likeness (QED) is 0.283. The number of aromatic nitrogens is 1. The lowest BCUT2D eigenvalue weighted by Crippen LogP contribution is -2.26. The van der Waals surface area contributed by atoms with Crippen molar-refractivity contribution in [2.24, 2.45) is 0 Å². The Morgan fingerprint density at radius 1 is 1.05 bits per heavy atom. The molecule has 0 unspecified atom stereocenters. The number of thiophene rings is 1. The average Bonchev–Trinajstić information content (AvgIpc) is 3.57. The van der Waals surface area contributed by atoms with Crippen molar-refractivity contribution in [3.63, 3.8) is 0 Å². The Bertz CT molecular complexity index is 1690. The van der Waals surface area contributed by atoms with E-state index < -0.39 is 27.2 Å². The minimum atomic E-state index is -3.82. The lowest BCUT2D eigenvalue weighted by atomic mass is 10.1. The number of pyridine rings is 1. The highest BCUT2D eigenvalue weighted by Crippen LogP contribution is 2.27. The van der Waals surface area contributed by atoms with E-state index in [-0.39, 0.29) is 21.9 Å². The summed E-state index contributed by atoms with van der Waals surface area (Å²) >= 11 is 6.69. The molecule has 5 rings (SSSR count). The molecule has 2 aromatic carbocycles. The standard InChI is InChI=1S/C28H27ClFN3O4S2/c29-26-7-8-27(38-26)39(36,37)18-22(34)15-19-3-6-25(24(30)16-19)33-13-9-20-17-21(4-5-23(20)28(33)35)31-10-14-32-11-1-2-12-32/h3-9,13,16-17,31H,1-2,10-12,14-15,18H2. The lowest BCUT2D eigenvalue weighted by molar-refractivity contribution is -0.116. The highest BCUT2D eigenvalue weighted by molar-refractivity contribution is 7.94. The van der Waals surface area contributed by atoms with Crippen molar-refractivity contribution in [2.45, 2.75) is 23.5 Å². The highest BCUT2D eigenvalue weighted by Gasteiger charge is 2.22. The van der Waals surface area contributed by atoms with Crippen LogP contribution in [0.1, 0.15) is 18.4 Å².